The highest BCUT2D eigenvalue weighted by molar-refractivity contribution is 6.02. The van der Waals surface area contributed by atoms with E-state index in [0.717, 1.165) is 0 Å². The molecule has 0 radical (unpaired) electrons. The number of aryl methyl sites for hydroxylation is 2. The van der Waals surface area contributed by atoms with Gasteiger partial charge in [0.1, 0.15) is 17.3 Å². The van der Waals surface area contributed by atoms with Crippen molar-refractivity contribution in [2.75, 3.05) is 11.9 Å². The molecule has 0 unspecified atom stereocenters. The summed E-state index contributed by atoms with van der Waals surface area (Å²) in [6.07, 6.45) is 1.40. The number of carbonyl (C=O) groups is 3. The Labute approximate surface area is 166 Å². The zero-order valence-electron chi connectivity index (χ0n) is 15.8. The molecular weight excluding hydrogens is 378 g/mol. The molecule has 9 heteroatoms. The Kier molecular flexibility index (Phi) is 5.98. The number of nitrogens with one attached hydrogen (secondary N) is 3. The Morgan fingerprint density at radius 1 is 1.00 bits per heavy atom. The van der Waals surface area contributed by atoms with E-state index < -0.39 is 17.7 Å². The smallest absolute Gasteiger partial charge is 0.291 e. The maximum Gasteiger partial charge on any atom is 0.291 e. The standard InChI is InChI=1S/C20H19N3O6/c1-12-9-16(13(2)29-12)19(25)23-22-18(24)11-28-15-6-3-5-14(10-15)21-20(26)17-7-4-8-27-17/h3-10H,11H2,1-2H3,(H,21,26)(H,22,24)(H,23,25). The molecule has 0 bridgehead atoms. The van der Waals surface area contributed by atoms with E-state index in [-0.39, 0.29) is 12.4 Å². The lowest BCUT2D eigenvalue weighted by molar-refractivity contribution is -0.123. The summed E-state index contributed by atoms with van der Waals surface area (Å²) in [5.41, 5.74) is 5.37. The van der Waals surface area contributed by atoms with Crippen LogP contribution >= 0.6 is 0 Å². The van der Waals surface area contributed by atoms with Crippen LogP contribution in [-0.2, 0) is 4.79 Å². The first-order chi connectivity index (χ1) is 13.9. The minimum absolute atomic E-state index is 0.175. The SMILES string of the molecule is Cc1cc(C(=O)NNC(=O)COc2cccc(NC(=O)c3ccco3)c2)c(C)o1. The van der Waals surface area contributed by atoms with Crippen LogP contribution in [0.15, 0.2) is 57.6 Å². The second-order valence-electron chi connectivity index (χ2n) is 6.08. The van der Waals surface area contributed by atoms with Gasteiger partial charge in [0.05, 0.1) is 11.8 Å². The van der Waals surface area contributed by atoms with E-state index in [2.05, 4.69) is 16.2 Å². The lowest BCUT2D eigenvalue weighted by Crippen LogP contribution is -2.43. The highest BCUT2D eigenvalue weighted by atomic mass is 16.5. The average molecular weight is 397 g/mol. The number of furan rings is 2. The van der Waals surface area contributed by atoms with Crippen molar-refractivity contribution in [2.24, 2.45) is 0 Å². The van der Waals surface area contributed by atoms with Gasteiger partial charge < -0.3 is 18.9 Å². The maximum atomic E-state index is 12.0. The molecule has 0 aliphatic heterocycles. The largest absolute Gasteiger partial charge is 0.484 e. The molecule has 0 aliphatic carbocycles. The molecular formula is C20H19N3O6. The maximum absolute atomic E-state index is 12.0. The van der Waals surface area contributed by atoms with Crippen LogP contribution in [-0.4, -0.2) is 24.3 Å². The van der Waals surface area contributed by atoms with E-state index in [9.17, 15) is 14.4 Å². The van der Waals surface area contributed by atoms with Crippen molar-refractivity contribution in [3.05, 3.63) is 71.6 Å². The van der Waals surface area contributed by atoms with Crippen molar-refractivity contribution in [3.63, 3.8) is 0 Å². The van der Waals surface area contributed by atoms with Crippen molar-refractivity contribution in [1.82, 2.24) is 10.9 Å². The second-order valence-corrected chi connectivity index (χ2v) is 6.08. The van der Waals surface area contributed by atoms with Crippen LogP contribution in [0, 0.1) is 13.8 Å². The molecule has 2 aromatic heterocycles. The second kappa shape index (κ2) is 8.79. The predicted octanol–water partition coefficient (Wildman–Crippen LogP) is 2.58. The van der Waals surface area contributed by atoms with Crippen LogP contribution < -0.4 is 20.9 Å². The normalized spacial score (nSPS) is 10.3. The topological polar surface area (TPSA) is 123 Å². The number of hydrogen-bond donors (Lipinski definition) is 3. The molecule has 0 spiro atoms. The van der Waals surface area contributed by atoms with Crippen LogP contribution in [0.4, 0.5) is 5.69 Å². The fraction of sp³-hybridized carbons (Fsp3) is 0.150. The third-order valence-electron chi connectivity index (χ3n) is 3.81. The number of carbonyl (C=O) groups excluding carboxylic acids is 3. The zero-order valence-corrected chi connectivity index (χ0v) is 15.8. The van der Waals surface area contributed by atoms with Crippen LogP contribution in [0.5, 0.6) is 5.75 Å². The Morgan fingerprint density at radius 2 is 1.83 bits per heavy atom. The molecule has 3 rings (SSSR count). The van der Waals surface area contributed by atoms with Gasteiger partial charge in [-0.1, -0.05) is 6.07 Å². The molecule has 2 heterocycles. The number of ether oxygens (including phenoxy) is 1. The van der Waals surface area contributed by atoms with Gasteiger partial charge in [-0.3, -0.25) is 25.2 Å². The van der Waals surface area contributed by atoms with Crippen LogP contribution in [0.3, 0.4) is 0 Å². The Hall–Kier alpha value is -4.01. The van der Waals surface area contributed by atoms with Crippen molar-refractivity contribution >= 4 is 23.4 Å². The van der Waals surface area contributed by atoms with E-state index in [1.54, 1.807) is 56.3 Å². The Balaban J connectivity index is 1.48. The van der Waals surface area contributed by atoms with E-state index >= 15 is 0 Å². The molecule has 1 aromatic carbocycles. The first kappa shape index (κ1) is 19.7. The fourth-order valence-electron chi connectivity index (χ4n) is 2.50. The van der Waals surface area contributed by atoms with Gasteiger partial charge in [0.25, 0.3) is 17.7 Å². The molecule has 0 atom stereocenters. The van der Waals surface area contributed by atoms with E-state index in [1.165, 1.54) is 6.26 Å². The van der Waals surface area contributed by atoms with Gasteiger partial charge in [0, 0.05) is 11.8 Å². The van der Waals surface area contributed by atoms with Crippen LogP contribution in [0.2, 0.25) is 0 Å². The fourth-order valence-corrected chi connectivity index (χ4v) is 2.50. The van der Waals surface area contributed by atoms with Gasteiger partial charge in [0.2, 0.25) is 0 Å². The summed E-state index contributed by atoms with van der Waals surface area (Å²) in [6.45, 7) is 3.05. The molecule has 3 amide bonds. The number of rotatable bonds is 6. The Bertz CT molecular complexity index is 1020. The highest BCUT2D eigenvalue weighted by Gasteiger charge is 2.14. The lowest BCUT2D eigenvalue weighted by atomic mass is 10.2. The van der Waals surface area contributed by atoms with Crippen molar-refractivity contribution in [3.8, 4) is 5.75 Å². The minimum atomic E-state index is -0.554. The van der Waals surface area contributed by atoms with E-state index in [4.69, 9.17) is 13.6 Å². The molecule has 29 heavy (non-hydrogen) atoms. The molecule has 0 fully saturated rings. The molecule has 0 aliphatic rings. The summed E-state index contributed by atoms with van der Waals surface area (Å²) in [5, 5.41) is 2.66. The van der Waals surface area contributed by atoms with Crippen LogP contribution in [0.25, 0.3) is 0 Å². The van der Waals surface area contributed by atoms with E-state index in [0.29, 0.717) is 28.5 Å². The molecule has 3 N–H and O–H groups in total. The predicted molar refractivity (Wildman–Crippen MR) is 102 cm³/mol. The quantitative estimate of drug-likeness (QED) is 0.550. The highest BCUT2D eigenvalue weighted by Crippen LogP contribution is 2.18. The summed E-state index contributed by atoms with van der Waals surface area (Å²) < 4.78 is 15.7. The summed E-state index contributed by atoms with van der Waals surface area (Å²) in [6, 6.07) is 11.3. The van der Waals surface area contributed by atoms with Crippen molar-refractivity contribution in [2.45, 2.75) is 13.8 Å². The average Bonchev–Trinajstić information content (AvgIpc) is 3.34. The van der Waals surface area contributed by atoms with E-state index in [1.807, 2.05) is 0 Å². The van der Waals surface area contributed by atoms with Gasteiger partial charge in [-0.15, -0.1) is 0 Å². The monoisotopic (exact) mass is 397 g/mol. The Morgan fingerprint density at radius 3 is 2.52 bits per heavy atom. The van der Waals surface area contributed by atoms with Crippen molar-refractivity contribution in [1.29, 1.82) is 0 Å². The number of amides is 3. The number of hydrogen-bond acceptors (Lipinski definition) is 6. The summed E-state index contributed by atoms with van der Waals surface area (Å²) in [5.74, 6) is 0.147. The van der Waals surface area contributed by atoms with Gasteiger partial charge in [0.15, 0.2) is 12.4 Å². The molecule has 0 saturated carbocycles. The summed E-state index contributed by atoms with van der Waals surface area (Å²) in [4.78, 5) is 35.9. The first-order valence-corrected chi connectivity index (χ1v) is 8.66. The molecule has 150 valence electrons. The third-order valence-corrected chi connectivity index (χ3v) is 3.81. The number of hydrazine groups is 1. The van der Waals surface area contributed by atoms with Crippen molar-refractivity contribution < 1.29 is 28.0 Å². The lowest BCUT2D eigenvalue weighted by Gasteiger charge is -2.10. The van der Waals surface area contributed by atoms with Gasteiger partial charge in [-0.2, -0.15) is 0 Å². The molecule has 3 aromatic rings. The molecule has 0 saturated heterocycles. The first-order valence-electron chi connectivity index (χ1n) is 8.66. The zero-order chi connectivity index (χ0) is 20.8. The summed E-state index contributed by atoms with van der Waals surface area (Å²) in [7, 11) is 0. The van der Waals surface area contributed by atoms with Gasteiger partial charge in [-0.05, 0) is 44.2 Å². The van der Waals surface area contributed by atoms with Gasteiger partial charge >= 0.3 is 0 Å². The minimum Gasteiger partial charge on any atom is -0.484 e. The number of benzene rings is 1. The van der Waals surface area contributed by atoms with Crippen LogP contribution in [0.1, 0.15) is 32.4 Å². The molecule has 9 nitrogen and oxygen atoms in total. The third kappa shape index (κ3) is 5.25. The summed E-state index contributed by atoms with van der Waals surface area (Å²) >= 11 is 0. The van der Waals surface area contributed by atoms with Gasteiger partial charge in [-0.25, -0.2) is 0 Å². The number of anilines is 1.